The van der Waals surface area contributed by atoms with E-state index in [9.17, 15) is 0 Å². The first-order chi connectivity index (χ1) is 7.24. The highest BCUT2D eigenvalue weighted by atomic mass is 15.1. The summed E-state index contributed by atoms with van der Waals surface area (Å²) in [6.07, 6.45) is 5.23. The number of aryl methyl sites for hydroxylation is 2. The lowest BCUT2D eigenvalue weighted by Gasteiger charge is -2.26. The quantitative estimate of drug-likeness (QED) is 0.794. The number of nitrogens with one attached hydrogen (secondary N) is 1. The van der Waals surface area contributed by atoms with Crippen molar-refractivity contribution < 1.29 is 0 Å². The third-order valence-corrected chi connectivity index (χ3v) is 3.64. The van der Waals surface area contributed by atoms with Crippen molar-refractivity contribution in [1.82, 2.24) is 14.9 Å². The van der Waals surface area contributed by atoms with Crippen LogP contribution >= 0.6 is 0 Å². The number of nitrogens with zero attached hydrogens (tertiary/aromatic N) is 2. The maximum atomic E-state index is 4.56. The zero-order chi connectivity index (χ0) is 10.4. The van der Waals surface area contributed by atoms with E-state index in [0.29, 0.717) is 6.04 Å². The van der Waals surface area contributed by atoms with Gasteiger partial charge in [0.2, 0.25) is 0 Å². The molecule has 1 fully saturated rings. The summed E-state index contributed by atoms with van der Waals surface area (Å²) in [5, 5.41) is 3.72. The maximum absolute atomic E-state index is 4.56. The molecule has 2 heterocycles. The predicted molar refractivity (Wildman–Crippen MR) is 60.0 cm³/mol. The minimum Gasteiger partial charge on any atom is -0.330 e. The highest BCUT2D eigenvalue weighted by Gasteiger charge is 2.28. The van der Waals surface area contributed by atoms with Crippen molar-refractivity contribution in [2.75, 3.05) is 0 Å². The van der Waals surface area contributed by atoms with Gasteiger partial charge in [-0.15, -0.1) is 0 Å². The second kappa shape index (κ2) is 3.34. The summed E-state index contributed by atoms with van der Waals surface area (Å²) in [7, 11) is 0. The topological polar surface area (TPSA) is 29.9 Å². The zero-order valence-electron chi connectivity index (χ0n) is 9.58. The van der Waals surface area contributed by atoms with Crippen LogP contribution in [0.15, 0.2) is 0 Å². The van der Waals surface area contributed by atoms with Crippen LogP contribution in [-0.2, 0) is 13.0 Å². The summed E-state index contributed by atoms with van der Waals surface area (Å²) in [4.78, 5) is 4.56. The van der Waals surface area contributed by atoms with Crippen LogP contribution in [0.5, 0.6) is 0 Å². The van der Waals surface area contributed by atoms with Crippen LogP contribution in [0.4, 0.5) is 0 Å². The molecule has 1 aromatic rings. The van der Waals surface area contributed by atoms with Crippen LogP contribution in [0, 0.1) is 13.8 Å². The molecule has 3 nitrogen and oxygen atoms in total. The monoisotopic (exact) mass is 205 g/mol. The molecule has 0 spiro atoms. The molecule has 0 bridgehead atoms. The molecule has 15 heavy (non-hydrogen) atoms. The lowest BCUT2D eigenvalue weighted by molar-refractivity contribution is 0.377. The first-order valence-electron chi connectivity index (χ1n) is 6.02. The third-order valence-electron chi connectivity index (χ3n) is 3.64. The third kappa shape index (κ3) is 1.69. The maximum Gasteiger partial charge on any atom is 0.106 e. The Hall–Kier alpha value is -0.830. The van der Waals surface area contributed by atoms with Crippen LogP contribution in [0.2, 0.25) is 0 Å². The van der Waals surface area contributed by atoms with E-state index >= 15 is 0 Å². The summed E-state index contributed by atoms with van der Waals surface area (Å²) >= 11 is 0. The van der Waals surface area contributed by atoms with Gasteiger partial charge in [0.15, 0.2) is 0 Å². The van der Waals surface area contributed by atoms with Gasteiger partial charge in [-0.05, 0) is 39.5 Å². The van der Waals surface area contributed by atoms with Crippen molar-refractivity contribution >= 4 is 0 Å². The first-order valence-corrected chi connectivity index (χ1v) is 6.02. The van der Waals surface area contributed by atoms with Gasteiger partial charge < -0.3 is 9.88 Å². The van der Waals surface area contributed by atoms with Crippen LogP contribution in [0.3, 0.4) is 0 Å². The van der Waals surface area contributed by atoms with Crippen molar-refractivity contribution in [1.29, 1.82) is 0 Å². The predicted octanol–water partition coefficient (Wildman–Crippen LogP) is 1.57. The molecule has 1 aromatic heterocycles. The average molecular weight is 205 g/mol. The number of aromatic nitrogens is 2. The number of hydrogen-bond acceptors (Lipinski definition) is 2. The summed E-state index contributed by atoms with van der Waals surface area (Å²) in [5.74, 6) is 1.18. The fourth-order valence-electron chi connectivity index (χ4n) is 2.66. The second-order valence-electron chi connectivity index (χ2n) is 4.98. The largest absolute Gasteiger partial charge is 0.330 e. The van der Waals surface area contributed by atoms with Gasteiger partial charge in [-0.3, -0.25) is 0 Å². The number of imidazole rings is 1. The number of hydrogen-bond donors (Lipinski definition) is 1. The molecule has 1 saturated carbocycles. The molecule has 0 saturated heterocycles. The minimum atomic E-state index is 0.678. The Kier molecular flexibility index (Phi) is 2.09. The van der Waals surface area contributed by atoms with Crippen molar-refractivity contribution in [2.45, 2.75) is 58.2 Å². The Morgan fingerprint density at radius 3 is 2.73 bits per heavy atom. The molecule has 1 unspecified atom stereocenters. The van der Waals surface area contributed by atoms with Crippen LogP contribution in [-0.4, -0.2) is 21.6 Å². The molecule has 3 heteroatoms. The van der Waals surface area contributed by atoms with Crippen LogP contribution in [0.1, 0.15) is 36.5 Å². The van der Waals surface area contributed by atoms with E-state index in [0.717, 1.165) is 12.6 Å². The molecule has 82 valence electrons. The molecule has 0 amide bonds. The molecule has 1 aliphatic carbocycles. The van der Waals surface area contributed by atoms with Gasteiger partial charge in [-0.2, -0.15) is 0 Å². The van der Waals surface area contributed by atoms with Crippen molar-refractivity contribution in [3.05, 3.63) is 17.2 Å². The number of rotatable bonds is 2. The van der Waals surface area contributed by atoms with Crippen LogP contribution in [0.25, 0.3) is 0 Å². The van der Waals surface area contributed by atoms with E-state index in [1.165, 1.54) is 42.9 Å². The van der Waals surface area contributed by atoms with E-state index in [4.69, 9.17) is 0 Å². The fraction of sp³-hybridized carbons (Fsp3) is 0.750. The normalized spacial score (nSPS) is 25.3. The summed E-state index contributed by atoms with van der Waals surface area (Å²) in [6, 6.07) is 1.50. The molecule has 0 aromatic carbocycles. The standard InChI is InChI=1S/C12H19N3/c1-8-12-6-5-11(14-10-3-4-10)7-15(12)9(2)13-8/h10-11,14H,3-7H2,1-2H3. The average Bonchev–Trinajstić information content (AvgIpc) is 2.96. The lowest BCUT2D eigenvalue weighted by Crippen LogP contribution is -2.38. The molecule has 3 rings (SSSR count). The Morgan fingerprint density at radius 2 is 2.00 bits per heavy atom. The summed E-state index contributed by atoms with van der Waals surface area (Å²) < 4.78 is 2.40. The Labute approximate surface area is 90.9 Å². The minimum absolute atomic E-state index is 0.678. The van der Waals surface area contributed by atoms with Gasteiger partial charge in [0.25, 0.3) is 0 Å². The highest BCUT2D eigenvalue weighted by molar-refractivity contribution is 5.18. The molecule has 0 radical (unpaired) electrons. The molecule has 1 aliphatic heterocycles. The fourth-order valence-corrected chi connectivity index (χ4v) is 2.66. The van der Waals surface area contributed by atoms with E-state index in [-0.39, 0.29) is 0 Å². The van der Waals surface area contributed by atoms with Gasteiger partial charge in [-0.1, -0.05) is 0 Å². The van der Waals surface area contributed by atoms with E-state index in [2.05, 4.69) is 28.7 Å². The van der Waals surface area contributed by atoms with Gasteiger partial charge in [0, 0.05) is 24.3 Å². The molecule has 2 aliphatic rings. The summed E-state index contributed by atoms with van der Waals surface area (Å²) in [6.45, 7) is 5.38. The molecule has 1 N–H and O–H groups in total. The smallest absolute Gasteiger partial charge is 0.106 e. The molecule has 1 atom stereocenters. The summed E-state index contributed by atoms with van der Waals surface area (Å²) in [5.41, 5.74) is 2.69. The second-order valence-corrected chi connectivity index (χ2v) is 4.98. The highest BCUT2D eigenvalue weighted by Crippen LogP contribution is 2.24. The first kappa shape index (κ1) is 9.40. The van der Waals surface area contributed by atoms with Gasteiger partial charge >= 0.3 is 0 Å². The molecular weight excluding hydrogens is 186 g/mol. The lowest BCUT2D eigenvalue weighted by atomic mass is 10.0. The Bertz CT molecular complexity index is 376. The van der Waals surface area contributed by atoms with Gasteiger partial charge in [0.1, 0.15) is 5.82 Å². The van der Waals surface area contributed by atoms with Crippen LogP contribution < -0.4 is 5.32 Å². The van der Waals surface area contributed by atoms with Crippen molar-refractivity contribution in [3.63, 3.8) is 0 Å². The van der Waals surface area contributed by atoms with E-state index in [1.54, 1.807) is 0 Å². The van der Waals surface area contributed by atoms with E-state index < -0.39 is 0 Å². The Morgan fingerprint density at radius 1 is 1.20 bits per heavy atom. The van der Waals surface area contributed by atoms with Gasteiger partial charge in [0.05, 0.1) is 5.69 Å². The SMILES string of the molecule is Cc1nc(C)n2c1CCC(NC1CC1)C2. The van der Waals surface area contributed by atoms with Crippen molar-refractivity contribution in [2.24, 2.45) is 0 Å². The Balaban J connectivity index is 1.79. The zero-order valence-corrected chi connectivity index (χ0v) is 9.58. The van der Waals surface area contributed by atoms with Gasteiger partial charge in [-0.25, -0.2) is 4.98 Å². The number of fused-ring (bicyclic) bond motifs is 1. The van der Waals surface area contributed by atoms with Crippen molar-refractivity contribution in [3.8, 4) is 0 Å². The van der Waals surface area contributed by atoms with E-state index in [1.807, 2.05) is 0 Å². The molecular formula is C12H19N3.